The smallest absolute Gasteiger partial charge is 0.258 e. The van der Waals surface area contributed by atoms with E-state index < -0.39 is 0 Å². The van der Waals surface area contributed by atoms with Crippen LogP contribution in [0, 0.1) is 13.8 Å². The maximum absolute atomic E-state index is 12.6. The molecule has 158 valence electrons. The summed E-state index contributed by atoms with van der Waals surface area (Å²) in [7, 11) is 0. The predicted octanol–water partition coefficient (Wildman–Crippen LogP) is 4.85. The van der Waals surface area contributed by atoms with Crippen molar-refractivity contribution in [3.05, 3.63) is 106 Å². The number of fused-ring (bicyclic) bond motifs is 1. The lowest BCUT2D eigenvalue weighted by molar-refractivity contribution is 0.884. The Balaban J connectivity index is 1.54. The molecule has 0 fully saturated rings. The molecule has 5 rings (SSSR count). The number of hydrogen-bond donors (Lipinski definition) is 0. The quantitative estimate of drug-likeness (QED) is 0.366. The standard InChI is InChI=1S/C25H21N5OS/c1-17-8-6-10-19(14-17)24-27-28-25(30(24)21-11-4-3-5-12-21)32-16-20-15-22(31)29-13-7-9-18(2)23(29)26-20/h3-15H,16H2,1-2H3. The Morgan fingerprint density at radius 3 is 2.56 bits per heavy atom. The van der Waals surface area contributed by atoms with Crippen molar-refractivity contribution in [1.82, 2.24) is 24.1 Å². The van der Waals surface area contributed by atoms with Gasteiger partial charge in [0.1, 0.15) is 5.65 Å². The number of pyridine rings is 1. The highest BCUT2D eigenvalue weighted by Crippen LogP contribution is 2.29. The van der Waals surface area contributed by atoms with Crippen LogP contribution in [0.2, 0.25) is 0 Å². The molecule has 0 aliphatic carbocycles. The molecular formula is C25H21N5OS. The molecule has 0 saturated carbocycles. The van der Waals surface area contributed by atoms with Gasteiger partial charge in [-0.25, -0.2) is 4.98 Å². The lowest BCUT2D eigenvalue weighted by Crippen LogP contribution is -2.15. The van der Waals surface area contributed by atoms with Crippen molar-refractivity contribution >= 4 is 17.4 Å². The molecule has 0 saturated heterocycles. The van der Waals surface area contributed by atoms with E-state index in [-0.39, 0.29) is 5.56 Å². The van der Waals surface area contributed by atoms with Crippen molar-refractivity contribution in [2.24, 2.45) is 0 Å². The van der Waals surface area contributed by atoms with Gasteiger partial charge >= 0.3 is 0 Å². The lowest BCUT2D eigenvalue weighted by Gasteiger charge is -2.11. The fourth-order valence-corrected chi connectivity index (χ4v) is 4.51. The van der Waals surface area contributed by atoms with Gasteiger partial charge in [-0.15, -0.1) is 10.2 Å². The van der Waals surface area contributed by atoms with Gasteiger partial charge in [0.25, 0.3) is 5.56 Å². The van der Waals surface area contributed by atoms with Crippen molar-refractivity contribution in [1.29, 1.82) is 0 Å². The molecule has 0 bridgehead atoms. The second kappa shape index (κ2) is 8.43. The number of benzene rings is 2. The minimum absolute atomic E-state index is 0.0840. The van der Waals surface area contributed by atoms with Crippen molar-refractivity contribution in [2.45, 2.75) is 24.8 Å². The first-order chi connectivity index (χ1) is 15.6. The molecule has 32 heavy (non-hydrogen) atoms. The summed E-state index contributed by atoms with van der Waals surface area (Å²) in [5, 5.41) is 9.73. The van der Waals surface area contributed by atoms with Crippen LogP contribution < -0.4 is 5.56 Å². The average Bonchev–Trinajstić information content (AvgIpc) is 3.23. The molecule has 3 aromatic heterocycles. The largest absolute Gasteiger partial charge is 0.270 e. The second-order valence-electron chi connectivity index (χ2n) is 7.61. The van der Waals surface area contributed by atoms with Crippen LogP contribution in [0.15, 0.2) is 88.9 Å². The van der Waals surface area contributed by atoms with E-state index in [1.54, 1.807) is 16.7 Å². The third-order valence-electron chi connectivity index (χ3n) is 5.21. The van der Waals surface area contributed by atoms with Gasteiger partial charge in [0.05, 0.1) is 5.69 Å². The van der Waals surface area contributed by atoms with E-state index in [9.17, 15) is 4.79 Å². The summed E-state index contributed by atoms with van der Waals surface area (Å²) < 4.78 is 3.63. The molecule has 0 N–H and O–H groups in total. The normalized spacial score (nSPS) is 11.2. The number of rotatable bonds is 5. The molecule has 3 heterocycles. The van der Waals surface area contributed by atoms with E-state index >= 15 is 0 Å². The van der Waals surface area contributed by atoms with Crippen LogP contribution in [0.4, 0.5) is 0 Å². The summed E-state index contributed by atoms with van der Waals surface area (Å²) in [4.78, 5) is 17.3. The SMILES string of the molecule is Cc1cccc(-c2nnc(SCc3cc(=O)n4cccc(C)c4n3)n2-c2ccccc2)c1. The number of aryl methyl sites for hydroxylation is 2. The maximum atomic E-state index is 12.6. The van der Waals surface area contributed by atoms with Crippen molar-refractivity contribution in [3.8, 4) is 17.1 Å². The van der Waals surface area contributed by atoms with Crippen LogP contribution in [0.1, 0.15) is 16.8 Å². The number of para-hydroxylation sites is 1. The molecule has 0 aliphatic rings. The van der Waals surface area contributed by atoms with Gasteiger partial charge < -0.3 is 0 Å². The molecule has 0 unspecified atom stereocenters. The van der Waals surface area contributed by atoms with E-state index in [0.717, 1.165) is 33.4 Å². The van der Waals surface area contributed by atoms with Crippen molar-refractivity contribution in [3.63, 3.8) is 0 Å². The fraction of sp³-hybridized carbons (Fsp3) is 0.120. The maximum Gasteiger partial charge on any atom is 0.258 e. The first-order valence-corrected chi connectivity index (χ1v) is 11.3. The number of nitrogens with zero attached hydrogens (tertiary/aromatic N) is 5. The van der Waals surface area contributed by atoms with Gasteiger partial charge in [-0.3, -0.25) is 13.8 Å². The topological polar surface area (TPSA) is 65.1 Å². The number of thioether (sulfide) groups is 1. The third-order valence-corrected chi connectivity index (χ3v) is 6.17. The Morgan fingerprint density at radius 1 is 0.906 bits per heavy atom. The zero-order valence-corrected chi connectivity index (χ0v) is 18.6. The van der Waals surface area contributed by atoms with E-state index in [1.165, 1.54) is 11.8 Å². The van der Waals surface area contributed by atoms with Gasteiger partial charge in [0, 0.05) is 29.3 Å². The lowest BCUT2D eigenvalue weighted by atomic mass is 10.1. The average molecular weight is 440 g/mol. The summed E-state index contributed by atoms with van der Waals surface area (Å²) in [5.41, 5.74) is 5.43. The van der Waals surface area contributed by atoms with Gasteiger partial charge in [-0.2, -0.15) is 0 Å². The van der Waals surface area contributed by atoms with Crippen LogP contribution in [-0.2, 0) is 5.75 Å². The Hall–Kier alpha value is -3.71. The van der Waals surface area contributed by atoms with E-state index in [2.05, 4.69) is 33.8 Å². The first kappa shape index (κ1) is 20.2. The minimum atomic E-state index is -0.0840. The van der Waals surface area contributed by atoms with Gasteiger partial charge in [-0.05, 0) is 43.7 Å². The molecule has 0 radical (unpaired) electrons. The first-order valence-electron chi connectivity index (χ1n) is 10.3. The Bertz CT molecular complexity index is 1470. The zero-order valence-electron chi connectivity index (χ0n) is 17.8. The van der Waals surface area contributed by atoms with E-state index in [4.69, 9.17) is 4.98 Å². The van der Waals surface area contributed by atoms with Gasteiger partial charge in [0.2, 0.25) is 0 Å². The predicted molar refractivity (Wildman–Crippen MR) is 127 cm³/mol. The van der Waals surface area contributed by atoms with E-state index in [0.29, 0.717) is 17.1 Å². The highest BCUT2D eigenvalue weighted by molar-refractivity contribution is 7.98. The fourth-order valence-electron chi connectivity index (χ4n) is 3.67. The second-order valence-corrected chi connectivity index (χ2v) is 8.55. The van der Waals surface area contributed by atoms with Crippen LogP contribution >= 0.6 is 11.8 Å². The highest BCUT2D eigenvalue weighted by Gasteiger charge is 2.17. The number of aromatic nitrogens is 5. The molecule has 6 nitrogen and oxygen atoms in total. The Kier molecular flexibility index (Phi) is 5.33. The molecule has 2 aromatic carbocycles. The zero-order chi connectivity index (χ0) is 22.1. The van der Waals surface area contributed by atoms with Crippen LogP contribution in [-0.4, -0.2) is 24.1 Å². The molecule has 0 spiro atoms. The highest BCUT2D eigenvalue weighted by atomic mass is 32.2. The van der Waals surface area contributed by atoms with Gasteiger partial charge in [0.15, 0.2) is 11.0 Å². The Labute approximate surface area is 189 Å². The molecule has 0 aliphatic heterocycles. The van der Waals surface area contributed by atoms with Crippen LogP contribution in [0.3, 0.4) is 0 Å². The summed E-state index contributed by atoms with van der Waals surface area (Å²) in [6.07, 6.45) is 1.74. The molecular weight excluding hydrogens is 418 g/mol. The van der Waals surface area contributed by atoms with Crippen molar-refractivity contribution < 1.29 is 0 Å². The molecule has 5 aromatic rings. The third kappa shape index (κ3) is 3.83. The molecule has 0 atom stereocenters. The summed E-state index contributed by atoms with van der Waals surface area (Å²) in [6.45, 7) is 4.02. The summed E-state index contributed by atoms with van der Waals surface area (Å²) >= 11 is 1.52. The van der Waals surface area contributed by atoms with E-state index in [1.807, 2.05) is 61.5 Å². The van der Waals surface area contributed by atoms with Crippen LogP contribution in [0.5, 0.6) is 0 Å². The Morgan fingerprint density at radius 2 is 1.75 bits per heavy atom. The number of hydrogen-bond acceptors (Lipinski definition) is 5. The van der Waals surface area contributed by atoms with Crippen LogP contribution in [0.25, 0.3) is 22.7 Å². The van der Waals surface area contributed by atoms with Crippen molar-refractivity contribution in [2.75, 3.05) is 0 Å². The molecule has 0 amide bonds. The summed E-state index contributed by atoms with van der Waals surface area (Å²) in [5.74, 6) is 1.29. The van der Waals surface area contributed by atoms with Gasteiger partial charge in [-0.1, -0.05) is 59.8 Å². The minimum Gasteiger partial charge on any atom is -0.270 e. The summed E-state index contributed by atoms with van der Waals surface area (Å²) in [6, 6.07) is 23.7. The molecule has 7 heteroatoms. The monoisotopic (exact) mass is 439 g/mol.